The van der Waals surface area contributed by atoms with Gasteiger partial charge in [0.2, 0.25) is 0 Å². The molecule has 0 aliphatic carbocycles. The molecule has 0 radical (unpaired) electrons. The van der Waals surface area contributed by atoms with Crippen LogP contribution < -0.4 is 0 Å². The van der Waals surface area contributed by atoms with Gasteiger partial charge in [-0.1, -0.05) is 50.1 Å². The summed E-state index contributed by atoms with van der Waals surface area (Å²) < 4.78 is 18.3. The predicted octanol–water partition coefficient (Wildman–Crippen LogP) is 3.48. The van der Waals surface area contributed by atoms with Crippen LogP contribution in [0.4, 0.5) is 0 Å². The summed E-state index contributed by atoms with van der Waals surface area (Å²) in [7, 11) is -4.32. The Hall–Kier alpha value is -2.02. The number of carbonyl (C=O) groups is 3. The molecule has 2 rings (SSSR count). The molecule has 2 N–H and O–H groups in total. The second-order valence-corrected chi connectivity index (χ2v) is 9.70. The maximum Gasteiger partial charge on any atom is 0.332 e. The summed E-state index contributed by atoms with van der Waals surface area (Å²) in [5, 5.41) is 9.26. The average molecular weight is 439 g/mol. The van der Waals surface area contributed by atoms with Gasteiger partial charge in [-0.05, 0) is 26.2 Å². The standard InChI is InChI=1S/C21H30NO7P/c1-3-4-11-17(14-19(23)16-9-6-5-7-10-16)30(27,28)29-15(2)20(24)22-13-8-12-18(22)21(25)26/h5-7,9-10,15,17-18H,3-4,8,11-14H2,1-2H3,(H,25,26)(H,27,28)/t15?,17-,18-/m0/s1. The minimum atomic E-state index is -4.32. The lowest BCUT2D eigenvalue weighted by atomic mass is 10.0. The van der Waals surface area contributed by atoms with Crippen LogP contribution in [0.15, 0.2) is 30.3 Å². The molecule has 2 unspecified atom stereocenters. The third-order valence-corrected chi connectivity index (χ3v) is 7.33. The summed E-state index contributed by atoms with van der Waals surface area (Å²) in [5.41, 5.74) is -0.487. The molecule has 0 bridgehead atoms. The van der Waals surface area contributed by atoms with E-state index < -0.39 is 37.3 Å². The van der Waals surface area contributed by atoms with Crippen LogP contribution >= 0.6 is 7.60 Å². The Morgan fingerprint density at radius 1 is 1.27 bits per heavy atom. The zero-order valence-corrected chi connectivity index (χ0v) is 18.3. The van der Waals surface area contributed by atoms with Crippen molar-refractivity contribution in [2.24, 2.45) is 0 Å². The van der Waals surface area contributed by atoms with Crippen LogP contribution in [0.2, 0.25) is 0 Å². The van der Waals surface area contributed by atoms with E-state index in [4.69, 9.17) is 4.52 Å². The largest absolute Gasteiger partial charge is 0.480 e. The second kappa shape index (κ2) is 10.8. The highest BCUT2D eigenvalue weighted by Crippen LogP contribution is 2.52. The molecule has 0 spiro atoms. The molecule has 1 aromatic rings. The third-order valence-electron chi connectivity index (χ3n) is 5.35. The maximum absolute atomic E-state index is 13.0. The molecule has 1 aliphatic rings. The SMILES string of the molecule is CCCC[C@@H](CC(=O)c1ccccc1)P(=O)(O)OC(C)C(=O)N1CCC[C@H]1C(=O)O. The lowest BCUT2D eigenvalue weighted by molar-refractivity contribution is -0.151. The zero-order chi connectivity index (χ0) is 22.3. The van der Waals surface area contributed by atoms with Gasteiger partial charge in [0.15, 0.2) is 5.78 Å². The fourth-order valence-corrected chi connectivity index (χ4v) is 5.28. The number of Topliss-reactive ketones (excluding diaryl/α,β-unsaturated/α-hetero) is 1. The first kappa shape index (κ1) is 24.3. The van der Waals surface area contributed by atoms with E-state index in [1.54, 1.807) is 30.3 Å². The van der Waals surface area contributed by atoms with E-state index in [1.165, 1.54) is 11.8 Å². The number of carbonyl (C=O) groups excluding carboxylic acids is 2. The van der Waals surface area contributed by atoms with Crippen molar-refractivity contribution in [2.45, 2.75) is 70.2 Å². The minimum absolute atomic E-state index is 0.167. The number of hydrogen-bond acceptors (Lipinski definition) is 5. The van der Waals surface area contributed by atoms with Gasteiger partial charge in [0.25, 0.3) is 5.91 Å². The van der Waals surface area contributed by atoms with Crippen LogP contribution in [0.3, 0.4) is 0 Å². The van der Waals surface area contributed by atoms with E-state index in [9.17, 15) is 28.9 Å². The molecule has 30 heavy (non-hydrogen) atoms. The van der Waals surface area contributed by atoms with Crippen molar-refractivity contribution in [3.8, 4) is 0 Å². The number of carboxylic acid groups (broad SMARTS) is 1. The maximum atomic E-state index is 13.0. The molecule has 9 heteroatoms. The molecule has 1 saturated heterocycles. The smallest absolute Gasteiger partial charge is 0.332 e. The van der Waals surface area contributed by atoms with Crippen molar-refractivity contribution >= 4 is 25.3 Å². The molecule has 0 saturated carbocycles. The summed E-state index contributed by atoms with van der Waals surface area (Å²) in [6.07, 6.45) is 1.17. The number of unbranched alkanes of at least 4 members (excludes halogenated alkanes) is 1. The number of hydrogen-bond donors (Lipinski definition) is 2. The highest BCUT2D eigenvalue weighted by atomic mass is 31.2. The van der Waals surface area contributed by atoms with Crippen molar-refractivity contribution in [2.75, 3.05) is 6.54 Å². The lowest BCUT2D eigenvalue weighted by Crippen LogP contribution is -2.45. The van der Waals surface area contributed by atoms with Crippen LogP contribution in [0.25, 0.3) is 0 Å². The Morgan fingerprint density at radius 2 is 1.93 bits per heavy atom. The minimum Gasteiger partial charge on any atom is -0.480 e. The molecule has 166 valence electrons. The second-order valence-electron chi connectivity index (χ2n) is 7.63. The highest BCUT2D eigenvalue weighted by molar-refractivity contribution is 7.53. The van der Waals surface area contributed by atoms with E-state index in [-0.39, 0.29) is 18.7 Å². The van der Waals surface area contributed by atoms with Gasteiger partial charge < -0.3 is 14.9 Å². The number of likely N-dealkylation sites (tertiary alicyclic amines) is 1. The van der Waals surface area contributed by atoms with Crippen LogP contribution in [-0.2, 0) is 18.7 Å². The average Bonchev–Trinajstić information content (AvgIpc) is 3.20. The summed E-state index contributed by atoms with van der Waals surface area (Å²) in [4.78, 5) is 48.4. The summed E-state index contributed by atoms with van der Waals surface area (Å²) in [5.74, 6) is -1.99. The van der Waals surface area contributed by atoms with E-state index in [0.29, 0.717) is 31.2 Å². The Kier molecular flexibility index (Phi) is 8.77. The fourth-order valence-electron chi connectivity index (χ4n) is 3.65. The van der Waals surface area contributed by atoms with Gasteiger partial charge in [0, 0.05) is 18.5 Å². The molecule has 8 nitrogen and oxygen atoms in total. The molecule has 1 heterocycles. The van der Waals surface area contributed by atoms with Gasteiger partial charge in [-0.2, -0.15) is 0 Å². The number of carboxylic acids is 1. The Balaban J connectivity index is 2.11. The molecule has 1 amide bonds. The van der Waals surface area contributed by atoms with Crippen molar-refractivity contribution in [3.05, 3.63) is 35.9 Å². The van der Waals surface area contributed by atoms with Gasteiger partial charge in [0.05, 0.1) is 5.66 Å². The number of amides is 1. The topological polar surface area (TPSA) is 121 Å². The molecular weight excluding hydrogens is 409 g/mol. The van der Waals surface area contributed by atoms with Gasteiger partial charge in [-0.15, -0.1) is 0 Å². The van der Waals surface area contributed by atoms with Crippen molar-refractivity contribution in [1.29, 1.82) is 0 Å². The first-order valence-corrected chi connectivity index (χ1v) is 11.9. The third kappa shape index (κ3) is 6.24. The first-order valence-electron chi connectivity index (χ1n) is 10.3. The predicted molar refractivity (Wildman–Crippen MR) is 111 cm³/mol. The fraction of sp³-hybridized carbons (Fsp3) is 0.571. The first-order chi connectivity index (χ1) is 14.2. The molecule has 0 aromatic heterocycles. The summed E-state index contributed by atoms with van der Waals surface area (Å²) in [6.45, 7) is 3.55. The van der Waals surface area contributed by atoms with Crippen molar-refractivity contribution in [1.82, 2.24) is 4.90 Å². The van der Waals surface area contributed by atoms with Crippen LogP contribution in [-0.4, -0.2) is 56.9 Å². The van der Waals surface area contributed by atoms with Crippen LogP contribution in [0.5, 0.6) is 0 Å². The van der Waals surface area contributed by atoms with E-state index in [2.05, 4.69) is 0 Å². The van der Waals surface area contributed by atoms with E-state index in [1.807, 2.05) is 6.92 Å². The monoisotopic (exact) mass is 439 g/mol. The van der Waals surface area contributed by atoms with E-state index >= 15 is 0 Å². The molecule has 1 aromatic carbocycles. The number of benzene rings is 1. The van der Waals surface area contributed by atoms with Gasteiger partial charge in [-0.3, -0.25) is 18.7 Å². The van der Waals surface area contributed by atoms with Gasteiger partial charge in [-0.25, -0.2) is 4.79 Å². The molecular formula is C21H30NO7P. The van der Waals surface area contributed by atoms with E-state index in [0.717, 1.165) is 6.42 Å². The Morgan fingerprint density at radius 3 is 2.53 bits per heavy atom. The normalized spacial score (nSPS) is 20.4. The van der Waals surface area contributed by atoms with Crippen LogP contribution in [0, 0.1) is 0 Å². The summed E-state index contributed by atoms with van der Waals surface area (Å²) in [6, 6.07) is 7.57. The zero-order valence-electron chi connectivity index (χ0n) is 17.4. The molecule has 1 fully saturated rings. The lowest BCUT2D eigenvalue weighted by Gasteiger charge is -2.28. The molecule has 1 aliphatic heterocycles. The Bertz CT molecular complexity index is 798. The molecule has 4 atom stereocenters. The Labute approximate surface area is 176 Å². The number of nitrogens with zero attached hydrogens (tertiary/aromatic N) is 1. The van der Waals surface area contributed by atoms with Gasteiger partial charge in [0.1, 0.15) is 12.1 Å². The van der Waals surface area contributed by atoms with Crippen molar-refractivity contribution < 1.29 is 33.5 Å². The summed E-state index contributed by atoms with van der Waals surface area (Å²) >= 11 is 0. The van der Waals surface area contributed by atoms with Crippen LogP contribution in [0.1, 0.15) is 62.7 Å². The quantitative estimate of drug-likeness (QED) is 0.400. The highest BCUT2D eigenvalue weighted by Gasteiger charge is 2.41. The van der Waals surface area contributed by atoms with Gasteiger partial charge >= 0.3 is 13.6 Å². The van der Waals surface area contributed by atoms with Crippen molar-refractivity contribution in [3.63, 3.8) is 0 Å². The number of aliphatic carboxylic acids is 1. The number of rotatable bonds is 11. The number of ketones is 1.